The van der Waals surface area contributed by atoms with Gasteiger partial charge in [-0.2, -0.15) is 0 Å². The minimum atomic E-state index is -0.466. The Hall–Kier alpha value is -0.770. The molecule has 0 aromatic carbocycles. The number of guanidine groups is 1. The maximum Gasteiger partial charge on any atom is 0.407 e. The van der Waals surface area contributed by atoms with Gasteiger partial charge in [-0.05, 0) is 53.9 Å². The lowest BCUT2D eigenvalue weighted by Crippen LogP contribution is -2.38. The maximum absolute atomic E-state index is 11.5. The normalized spacial score (nSPS) is 11.5. The summed E-state index contributed by atoms with van der Waals surface area (Å²) in [6, 6.07) is 0. The van der Waals surface area contributed by atoms with E-state index in [4.69, 9.17) is 9.47 Å². The largest absolute Gasteiger partial charge is 0.444 e. The van der Waals surface area contributed by atoms with Crippen molar-refractivity contribution in [1.82, 2.24) is 16.0 Å². The van der Waals surface area contributed by atoms with Gasteiger partial charge in [-0.3, -0.25) is 4.99 Å². The van der Waals surface area contributed by atoms with E-state index >= 15 is 0 Å². The van der Waals surface area contributed by atoms with E-state index < -0.39 is 5.60 Å². The zero-order valence-electron chi connectivity index (χ0n) is 16.4. The second kappa shape index (κ2) is 16.7. The fourth-order valence-corrected chi connectivity index (χ4v) is 1.80. The summed E-state index contributed by atoms with van der Waals surface area (Å²) in [7, 11) is 0. The highest BCUT2D eigenvalue weighted by atomic mass is 127. The quantitative estimate of drug-likeness (QED) is 0.187. The third kappa shape index (κ3) is 19.4. The Morgan fingerprint density at radius 1 is 1.00 bits per heavy atom. The molecular weight excluding hydrogens is 435 g/mol. The van der Waals surface area contributed by atoms with Crippen molar-refractivity contribution in [2.45, 2.75) is 59.5 Å². The number of nitrogens with zero attached hydrogens (tertiary/aromatic N) is 1. The van der Waals surface area contributed by atoms with Crippen molar-refractivity contribution >= 4 is 36.0 Å². The van der Waals surface area contributed by atoms with Gasteiger partial charge < -0.3 is 25.4 Å². The third-order valence-electron chi connectivity index (χ3n) is 2.83. The lowest BCUT2D eigenvalue weighted by molar-refractivity contribution is 0.0527. The van der Waals surface area contributed by atoms with Gasteiger partial charge in [0.1, 0.15) is 5.60 Å². The van der Waals surface area contributed by atoms with E-state index in [9.17, 15) is 4.79 Å². The van der Waals surface area contributed by atoms with Gasteiger partial charge >= 0.3 is 6.09 Å². The second-order valence-corrected chi connectivity index (χ2v) is 6.37. The molecule has 3 N–H and O–H groups in total. The summed E-state index contributed by atoms with van der Waals surface area (Å²) in [5, 5.41) is 9.24. The van der Waals surface area contributed by atoms with Crippen molar-refractivity contribution in [1.29, 1.82) is 0 Å². The van der Waals surface area contributed by atoms with Crippen LogP contribution < -0.4 is 16.0 Å². The van der Waals surface area contributed by atoms with Gasteiger partial charge in [0.2, 0.25) is 0 Å². The summed E-state index contributed by atoms with van der Waals surface area (Å²) >= 11 is 0. The van der Waals surface area contributed by atoms with Crippen molar-refractivity contribution < 1.29 is 14.3 Å². The van der Waals surface area contributed by atoms with Gasteiger partial charge in [-0.15, -0.1) is 24.0 Å². The number of aliphatic imine (C=N–C) groups is 1. The first-order chi connectivity index (χ1) is 11.4. The van der Waals surface area contributed by atoms with Crippen LogP contribution in [0.25, 0.3) is 0 Å². The van der Waals surface area contributed by atoms with Gasteiger partial charge in [0.15, 0.2) is 5.96 Å². The van der Waals surface area contributed by atoms with Crippen LogP contribution in [0.1, 0.15) is 53.9 Å². The van der Waals surface area contributed by atoms with E-state index in [1.54, 1.807) is 0 Å². The van der Waals surface area contributed by atoms with Gasteiger partial charge in [-0.1, -0.05) is 0 Å². The third-order valence-corrected chi connectivity index (χ3v) is 2.83. The number of unbranched alkanes of at least 4 members (excludes halogenated alkanes) is 1. The van der Waals surface area contributed by atoms with Crippen molar-refractivity contribution in [3.63, 3.8) is 0 Å². The van der Waals surface area contributed by atoms with E-state index in [0.29, 0.717) is 13.1 Å². The minimum Gasteiger partial charge on any atom is -0.444 e. The monoisotopic (exact) mass is 472 g/mol. The molecule has 8 heteroatoms. The minimum absolute atomic E-state index is 0. The van der Waals surface area contributed by atoms with E-state index in [0.717, 1.165) is 51.5 Å². The Labute approximate surface area is 170 Å². The van der Waals surface area contributed by atoms with Gasteiger partial charge in [0, 0.05) is 39.4 Å². The number of amides is 1. The number of nitrogens with one attached hydrogen (secondary N) is 3. The molecule has 0 atom stereocenters. The molecule has 0 saturated carbocycles. The SMILES string of the molecule is CCNC(=NCCCNC(=O)OC(C)(C)C)NCCCCOCC.I. The second-order valence-electron chi connectivity index (χ2n) is 6.37. The molecule has 0 saturated heterocycles. The summed E-state index contributed by atoms with van der Waals surface area (Å²) in [6.07, 6.45) is 2.47. The first-order valence-corrected chi connectivity index (χ1v) is 8.95. The van der Waals surface area contributed by atoms with Crippen molar-refractivity contribution in [3.8, 4) is 0 Å². The molecule has 0 fully saturated rings. The number of carbonyl (C=O) groups excluding carboxylic acids is 1. The average molecular weight is 472 g/mol. The topological polar surface area (TPSA) is 84.0 Å². The van der Waals surface area contributed by atoms with Crippen LogP contribution in [0.5, 0.6) is 0 Å². The van der Waals surface area contributed by atoms with E-state index in [-0.39, 0.29) is 30.1 Å². The molecule has 0 heterocycles. The fourth-order valence-electron chi connectivity index (χ4n) is 1.80. The lowest BCUT2D eigenvalue weighted by atomic mass is 10.2. The van der Waals surface area contributed by atoms with Crippen LogP contribution >= 0.6 is 24.0 Å². The molecular formula is C17H37IN4O3. The molecule has 1 amide bonds. The highest BCUT2D eigenvalue weighted by Gasteiger charge is 2.15. The van der Waals surface area contributed by atoms with Crippen LogP contribution in [0.15, 0.2) is 4.99 Å². The van der Waals surface area contributed by atoms with Crippen LogP contribution in [0.4, 0.5) is 4.79 Å². The molecule has 7 nitrogen and oxygen atoms in total. The van der Waals surface area contributed by atoms with Crippen LogP contribution in [0.3, 0.4) is 0 Å². The van der Waals surface area contributed by atoms with Crippen LogP contribution in [-0.4, -0.2) is 57.0 Å². The first-order valence-electron chi connectivity index (χ1n) is 8.95. The van der Waals surface area contributed by atoms with E-state index in [1.165, 1.54) is 0 Å². The highest BCUT2D eigenvalue weighted by molar-refractivity contribution is 14.0. The van der Waals surface area contributed by atoms with Crippen LogP contribution in [0, 0.1) is 0 Å². The van der Waals surface area contributed by atoms with Crippen molar-refractivity contribution in [3.05, 3.63) is 0 Å². The Kier molecular flexibility index (Phi) is 17.7. The molecule has 0 aliphatic heterocycles. The number of carbonyl (C=O) groups is 1. The number of hydrogen-bond acceptors (Lipinski definition) is 4. The van der Waals surface area contributed by atoms with Crippen LogP contribution in [0.2, 0.25) is 0 Å². The standard InChI is InChI=1S/C17H36N4O3.HI/c1-6-18-15(19-11-8-9-14-23-7-2)20-12-10-13-21-16(22)24-17(3,4)5;/h6-14H2,1-5H3,(H,21,22)(H2,18,19,20);1H. The highest BCUT2D eigenvalue weighted by Crippen LogP contribution is 2.06. The average Bonchev–Trinajstić information content (AvgIpc) is 2.48. The zero-order valence-corrected chi connectivity index (χ0v) is 18.8. The van der Waals surface area contributed by atoms with Crippen molar-refractivity contribution in [2.75, 3.05) is 39.4 Å². The maximum atomic E-state index is 11.5. The number of alkyl carbamates (subject to hydrolysis) is 1. The number of ether oxygens (including phenoxy) is 2. The molecule has 0 aliphatic carbocycles. The lowest BCUT2D eigenvalue weighted by Gasteiger charge is -2.19. The van der Waals surface area contributed by atoms with Gasteiger partial charge in [0.05, 0.1) is 0 Å². The molecule has 0 unspecified atom stereocenters. The van der Waals surface area contributed by atoms with Gasteiger partial charge in [-0.25, -0.2) is 4.79 Å². The smallest absolute Gasteiger partial charge is 0.407 e. The molecule has 0 aromatic heterocycles. The van der Waals surface area contributed by atoms with E-state index in [1.807, 2.05) is 34.6 Å². The molecule has 25 heavy (non-hydrogen) atoms. The first kappa shape index (κ1) is 26.5. The summed E-state index contributed by atoms with van der Waals surface area (Å²) in [4.78, 5) is 16.0. The molecule has 150 valence electrons. The Bertz CT molecular complexity index is 360. The molecule has 0 rings (SSSR count). The molecule has 0 radical (unpaired) electrons. The molecule has 0 spiro atoms. The summed E-state index contributed by atoms with van der Waals surface area (Å²) in [5.74, 6) is 0.811. The summed E-state index contributed by atoms with van der Waals surface area (Å²) in [6.45, 7) is 14.0. The zero-order chi connectivity index (χ0) is 18.3. The predicted octanol–water partition coefficient (Wildman–Crippen LogP) is 2.89. The van der Waals surface area contributed by atoms with E-state index in [2.05, 4.69) is 20.9 Å². The molecule has 0 bridgehead atoms. The summed E-state index contributed by atoms with van der Waals surface area (Å²) in [5.41, 5.74) is -0.466. The predicted molar refractivity (Wildman–Crippen MR) is 114 cm³/mol. The fraction of sp³-hybridized carbons (Fsp3) is 0.882. The van der Waals surface area contributed by atoms with Crippen LogP contribution in [-0.2, 0) is 9.47 Å². The van der Waals surface area contributed by atoms with Crippen molar-refractivity contribution in [2.24, 2.45) is 4.99 Å². The Morgan fingerprint density at radius 2 is 1.68 bits per heavy atom. The molecule has 0 aliphatic rings. The number of halogens is 1. The Balaban J connectivity index is 0. The number of hydrogen-bond donors (Lipinski definition) is 3. The Morgan fingerprint density at radius 3 is 2.28 bits per heavy atom. The van der Waals surface area contributed by atoms with Gasteiger partial charge in [0.25, 0.3) is 0 Å². The summed E-state index contributed by atoms with van der Waals surface area (Å²) < 4.78 is 10.5. The molecule has 0 aromatic rings. The number of rotatable bonds is 11.